The Morgan fingerprint density at radius 2 is 2.06 bits per heavy atom. The van der Waals surface area contributed by atoms with Crippen molar-refractivity contribution in [1.82, 2.24) is 9.78 Å². The first-order valence-electron chi connectivity index (χ1n) is 5.91. The molecule has 18 heavy (non-hydrogen) atoms. The molecule has 0 aliphatic rings. The topological polar surface area (TPSA) is 34.9 Å². The van der Waals surface area contributed by atoms with Crippen LogP contribution >= 0.6 is 11.8 Å². The molecule has 0 unspecified atom stereocenters. The van der Waals surface area contributed by atoms with E-state index in [0.717, 1.165) is 17.7 Å². The van der Waals surface area contributed by atoms with Gasteiger partial charge in [0.05, 0.1) is 6.20 Å². The lowest BCUT2D eigenvalue weighted by atomic mass is 10.1. The molecule has 1 heterocycles. The molecule has 94 valence electrons. The quantitative estimate of drug-likeness (QED) is 0.612. The summed E-state index contributed by atoms with van der Waals surface area (Å²) in [6.45, 7) is 2.86. The van der Waals surface area contributed by atoms with E-state index in [1.54, 1.807) is 18.0 Å². The molecule has 0 N–H and O–H groups in total. The number of hydrogen-bond acceptors (Lipinski definition) is 3. The average Bonchev–Trinajstić information content (AvgIpc) is 2.86. The minimum atomic E-state index is 0.137. The molecule has 0 saturated carbocycles. The van der Waals surface area contributed by atoms with Crippen LogP contribution in [0.25, 0.3) is 0 Å². The van der Waals surface area contributed by atoms with Crippen LogP contribution in [0.15, 0.2) is 41.6 Å². The van der Waals surface area contributed by atoms with Crippen molar-refractivity contribution in [2.45, 2.75) is 24.8 Å². The molecule has 0 aliphatic carbocycles. The first-order valence-corrected chi connectivity index (χ1v) is 7.14. The Hall–Kier alpha value is -1.55. The Labute approximate surface area is 111 Å². The number of aryl methyl sites for hydroxylation is 1. The minimum absolute atomic E-state index is 0.137. The zero-order valence-corrected chi connectivity index (χ0v) is 11.4. The van der Waals surface area contributed by atoms with Gasteiger partial charge in [-0.25, -0.2) is 0 Å². The first kappa shape index (κ1) is 12.9. The van der Waals surface area contributed by atoms with Crippen molar-refractivity contribution in [3.05, 3.63) is 47.8 Å². The van der Waals surface area contributed by atoms with Gasteiger partial charge in [-0.15, -0.1) is 11.8 Å². The summed E-state index contributed by atoms with van der Waals surface area (Å²) in [6.07, 6.45) is 6.13. The highest BCUT2D eigenvalue weighted by Crippen LogP contribution is 2.16. The third-order valence-corrected chi connectivity index (χ3v) is 3.53. The molecule has 1 aromatic carbocycles. The second-order valence-electron chi connectivity index (χ2n) is 4.03. The van der Waals surface area contributed by atoms with Crippen LogP contribution in [-0.4, -0.2) is 21.8 Å². The molecule has 0 radical (unpaired) electrons. The maximum absolute atomic E-state index is 12.1. The van der Waals surface area contributed by atoms with E-state index in [4.69, 9.17) is 0 Å². The Morgan fingerprint density at radius 1 is 1.33 bits per heavy atom. The molecule has 2 aromatic rings. The average molecular weight is 260 g/mol. The fourth-order valence-corrected chi connectivity index (χ4v) is 2.14. The van der Waals surface area contributed by atoms with Gasteiger partial charge >= 0.3 is 0 Å². The number of carbonyl (C=O) groups excluding carboxylic acids is 1. The summed E-state index contributed by atoms with van der Waals surface area (Å²) in [6, 6.07) is 7.73. The molecule has 3 nitrogen and oxygen atoms in total. The standard InChI is InChI=1S/C14H16N2OS/c1-3-16-10-11(9-15-16)8-14(17)12-4-6-13(18-2)7-5-12/h4-7,9-10H,3,8H2,1-2H3. The number of hydrogen-bond donors (Lipinski definition) is 0. The van der Waals surface area contributed by atoms with Gasteiger partial charge in [0.1, 0.15) is 0 Å². The molecule has 0 bridgehead atoms. The second kappa shape index (κ2) is 5.87. The highest BCUT2D eigenvalue weighted by atomic mass is 32.2. The minimum Gasteiger partial charge on any atom is -0.294 e. The third-order valence-electron chi connectivity index (χ3n) is 2.79. The van der Waals surface area contributed by atoms with Crippen molar-refractivity contribution < 1.29 is 4.79 Å². The summed E-state index contributed by atoms with van der Waals surface area (Å²) in [4.78, 5) is 13.2. The van der Waals surface area contributed by atoms with E-state index in [0.29, 0.717) is 6.42 Å². The lowest BCUT2D eigenvalue weighted by molar-refractivity contribution is 0.0993. The summed E-state index contributed by atoms with van der Waals surface area (Å²) < 4.78 is 1.83. The number of aromatic nitrogens is 2. The van der Waals surface area contributed by atoms with Crippen LogP contribution in [0.2, 0.25) is 0 Å². The molecule has 0 atom stereocenters. The van der Waals surface area contributed by atoms with E-state index in [-0.39, 0.29) is 5.78 Å². The number of carbonyl (C=O) groups is 1. The molecule has 1 aromatic heterocycles. The highest BCUT2D eigenvalue weighted by molar-refractivity contribution is 7.98. The fraction of sp³-hybridized carbons (Fsp3) is 0.286. The number of thioether (sulfide) groups is 1. The van der Waals surface area contributed by atoms with Gasteiger partial charge in [-0.1, -0.05) is 12.1 Å². The SMILES string of the molecule is CCn1cc(CC(=O)c2ccc(SC)cc2)cn1. The van der Waals surface area contributed by atoms with Crippen LogP contribution < -0.4 is 0 Å². The number of Topliss-reactive ketones (excluding diaryl/α,β-unsaturated/α-hetero) is 1. The molecule has 0 amide bonds. The van der Waals surface area contributed by atoms with Gasteiger partial charge < -0.3 is 0 Å². The highest BCUT2D eigenvalue weighted by Gasteiger charge is 2.08. The molecule has 4 heteroatoms. The van der Waals surface area contributed by atoms with Crippen LogP contribution in [0.5, 0.6) is 0 Å². The van der Waals surface area contributed by atoms with Crippen molar-refractivity contribution in [2.24, 2.45) is 0 Å². The maximum Gasteiger partial charge on any atom is 0.167 e. The normalized spacial score (nSPS) is 10.6. The number of nitrogens with zero attached hydrogens (tertiary/aromatic N) is 2. The summed E-state index contributed by atoms with van der Waals surface area (Å²) in [5.74, 6) is 0.137. The van der Waals surface area contributed by atoms with Gasteiger partial charge in [0.2, 0.25) is 0 Å². The van der Waals surface area contributed by atoms with Gasteiger partial charge in [-0.2, -0.15) is 5.10 Å². The number of rotatable bonds is 5. The smallest absolute Gasteiger partial charge is 0.167 e. The predicted octanol–water partition coefficient (Wildman–Crippen LogP) is 3.05. The lowest BCUT2D eigenvalue weighted by Gasteiger charge is -2.01. The van der Waals surface area contributed by atoms with Crippen molar-refractivity contribution in [1.29, 1.82) is 0 Å². The fourth-order valence-electron chi connectivity index (χ4n) is 1.73. The van der Waals surface area contributed by atoms with Gasteiger partial charge in [-0.05, 0) is 30.9 Å². The monoisotopic (exact) mass is 260 g/mol. The summed E-state index contributed by atoms with van der Waals surface area (Å²) >= 11 is 1.67. The molecule has 0 fully saturated rings. The van der Waals surface area contributed by atoms with Gasteiger partial charge in [0.15, 0.2) is 5.78 Å². The zero-order chi connectivity index (χ0) is 13.0. The van der Waals surface area contributed by atoms with Crippen LogP contribution in [0.3, 0.4) is 0 Å². The molecule has 0 spiro atoms. The van der Waals surface area contributed by atoms with Gasteiger partial charge in [0.25, 0.3) is 0 Å². The Balaban J connectivity index is 2.06. The van der Waals surface area contributed by atoms with Crippen LogP contribution in [-0.2, 0) is 13.0 Å². The van der Waals surface area contributed by atoms with Gasteiger partial charge in [-0.3, -0.25) is 9.48 Å². The van der Waals surface area contributed by atoms with Gasteiger partial charge in [0, 0.05) is 29.6 Å². The number of ketones is 1. The van der Waals surface area contributed by atoms with E-state index in [1.165, 1.54) is 4.90 Å². The van der Waals surface area contributed by atoms with E-state index in [9.17, 15) is 4.79 Å². The molecular formula is C14H16N2OS. The van der Waals surface area contributed by atoms with Crippen molar-refractivity contribution in [3.63, 3.8) is 0 Å². The van der Waals surface area contributed by atoms with E-state index in [2.05, 4.69) is 5.10 Å². The van der Waals surface area contributed by atoms with Crippen LogP contribution in [0, 0.1) is 0 Å². The Kier molecular flexibility index (Phi) is 4.20. The van der Waals surface area contributed by atoms with E-state index in [1.807, 2.05) is 48.3 Å². The van der Waals surface area contributed by atoms with E-state index >= 15 is 0 Å². The lowest BCUT2D eigenvalue weighted by Crippen LogP contribution is -2.02. The zero-order valence-electron chi connectivity index (χ0n) is 10.6. The summed E-state index contributed by atoms with van der Waals surface area (Å²) in [5.41, 5.74) is 1.73. The van der Waals surface area contributed by atoms with Crippen molar-refractivity contribution >= 4 is 17.5 Å². The summed E-state index contributed by atoms with van der Waals surface area (Å²) in [5, 5.41) is 4.17. The third kappa shape index (κ3) is 3.01. The first-order chi connectivity index (χ1) is 8.72. The Morgan fingerprint density at radius 3 is 2.61 bits per heavy atom. The Bertz CT molecular complexity index is 531. The van der Waals surface area contributed by atoms with Crippen molar-refractivity contribution in [3.8, 4) is 0 Å². The predicted molar refractivity (Wildman–Crippen MR) is 74.2 cm³/mol. The molecule has 2 rings (SSSR count). The van der Waals surface area contributed by atoms with Crippen LogP contribution in [0.4, 0.5) is 0 Å². The number of benzene rings is 1. The maximum atomic E-state index is 12.1. The molecular weight excluding hydrogens is 244 g/mol. The molecule has 0 saturated heterocycles. The van der Waals surface area contributed by atoms with Crippen LogP contribution in [0.1, 0.15) is 22.8 Å². The second-order valence-corrected chi connectivity index (χ2v) is 4.91. The van der Waals surface area contributed by atoms with Crippen molar-refractivity contribution in [2.75, 3.05) is 6.26 Å². The van der Waals surface area contributed by atoms with E-state index < -0.39 is 0 Å². The summed E-state index contributed by atoms with van der Waals surface area (Å²) in [7, 11) is 0. The molecule has 0 aliphatic heterocycles. The largest absolute Gasteiger partial charge is 0.294 e.